The van der Waals surface area contributed by atoms with Crippen LogP contribution in [0.25, 0.3) is 10.9 Å². The third-order valence-electron chi connectivity index (χ3n) is 4.72. The first-order chi connectivity index (χ1) is 13.3. The molecule has 1 aliphatic heterocycles. The SMILES string of the molecule is CCOC(=O)C1CCCN(Cc2c(C)[nH]c3ccccc23)C1.O=C(O)C(=O)O. The molecule has 8 nitrogen and oxygen atoms in total. The van der Waals surface area contributed by atoms with Gasteiger partial charge in [-0.05, 0) is 44.9 Å². The van der Waals surface area contributed by atoms with Gasteiger partial charge in [0, 0.05) is 29.7 Å². The summed E-state index contributed by atoms with van der Waals surface area (Å²) in [5.41, 5.74) is 3.76. The predicted molar refractivity (Wildman–Crippen MR) is 103 cm³/mol. The quantitative estimate of drug-likeness (QED) is 0.541. The van der Waals surface area contributed by atoms with E-state index in [1.54, 1.807) is 0 Å². The molecule has 2 aromatic rings. The lowest BCUT2D eigenvalue weighted by Crippen LogP contribution is -2.39. The molecule has 1 fully saturated rings. The molecule has 1 aromatic carbocycles. The number of carbonyl (C=O) groups excluding carboxylic acids is 1. The summed E-state index contributed by atoms with van der Waals surface area (Å²) >= 11 is 0. The number of fused-ring (bicyclic) bond motifs is 1. The van der Waals surface area contributed by atoms with Crippen molar-refractivity contribution in [2.24, 2.45) is 5.92 Å². The van der Waals surface area contributed by atoms with Gasteiger partial charge in [0.15, 0.2) is 0 Å². The summed E-state index contributed by atoms with van der Waals surface area (Å²) in [5.74, 6) is -3.66. The highest BCUT2D eigenvalue weighted by Gasteiger charge is 2.27. The van der Waals surface area contributed by atoms with Crippen LogP contribution in [-0.2, 0) is 25.7 Å². The molecule has 1 atom stereocenters. The number of aromatic amines is 1. The number of hydrogen-bond donors (Lipinski definition) is 3. The molecule has 0 radical (unpaired) electrons. The number of piperidine rings is 1. The van der Waals surface area contributed by atoms with Gasteiger partial charge in [-0.3, -0.25) is 9.69 Å². The van der Waals surface area contributed by atoms with Gasteiger partial charge in [0.05, 0.1) is 12.5 Å². The molecule has 0 amide bonds. The summed E-state index contributed by atoms with van der Waals surface area (Å²) in [6.45, 7) is 7.21. The van der Waals surface area contributed by atoms with E-state index in [9.17, 15) is 4.79 Å². The maximum Gasteiger partial charge on any atom is 0.414 e. The second kappa shape index (κ2) is 9.89. The maximum absolute atomic E-state index is 12.0. The Labute approximate surface area is 163 Å². The van der Waals surface area contributed by atoms with E-state index in [0.717, 1.165) is 32.5 Å². The highest BCUT2D eigenvalue weighted by Crippen LogP contribution is 2.26. The van der Waals surface area contributed by atoms with Crippen molar-refractivity contribution in [2.45, 2.75) is 33.2 Å². The lowest BCUT2D eigenvalue weighted by atomic mass is 9.97. The fourth-order valence-corrected chi connectivity index (χ4v) is 3.41. The van der Waals surface area contributed by atoms with E-state index in [2.05, 4.69) is 41.1 Å². The molecule has 3 N–H and O–H groups in total. The van der Waals surface area contributed by atoms with Crippen LogP contribution in [0.1, 0.15) is 31.0 Å². The van der Waals surface area contributed by atoms with Gasteiger partial charge >= 0.3 is 17.9 Å². The second-order valence-electron chi connectivity index (χ2n) is 6.71. The number of esters is 1. The minimum Gasteiger partial charge on any atom is -0.473 e. The third-order valence-corrected chi connectivity index (χ3v) is 4.72. The normalized spacial score (nSPS) is 16.9. The Bertz CT molecular complexity index is 832. The van der Waals surface area contributed by atoms with Crippen LogP contribution in [0, 0.1) is 12.8 Å². The summed E-state index contributed by atoms with van der Waals surface area (Å²) in [7, 11) is 0. The molecule has 3 rings (SSSR count). The predicted octanol–water partition coefficient (Wildman–Crippen LogP) is 2.41. The zero-order valence-electron chi connectivity index (χ0n) is 16.1. The molecular formula is C20H26N2O6. The second-order valence-corrected chi connectivity index (χ2v) is 6.71. The zero-order valence-corrected chi connectivity index (χ0v) is 16.1. The maximum atomic E-state index is 12.0. The summed E-state index contributed by atoms with van der Waals surface area (Å²) in [4.78, 5) is 36.0. The van der Waals surface area contributed by atoms with Gasteiger partial charge in [0.25, 0.3) is 0 Å². The van der Waals surface area contributed by atoms with Crippen LogP contribution in [0.15, 0.2) is 24.3 Å². The number of ether oxygens (including phenoxy) is 1. The number of H-pyrrole nitrogens is 1. The number of aryl methyl sites for hydroxylation is 1. The average Bonchev–Trinajstić information content (AvgIpc) is 2.98. The molecule has 1 saturated heterocycles. The zero-order chi connectivity index (χ0) is 20.7. The van der Waals surface area contributed by atoms with Gasteiger partial charge in [-0.15, -0.1) is 0 Å². The van der Waals surface area contributed by atoms with E-state index in [-0.39, 0.29) is 11.9 Å². The first-order valence-electron chi connectivity index (χ1n) is 9.24. The lowest BCUT2D eigenvalue weighted by Gasteiger charge is -2.31. The smallest absolute Gasteiger partial charge is 0.414 e. The monoisotopic (exact) mass is 390 g/mol. The van der Waals surface area contributed by atoms with Crippen molar-refractivity contribution < 1.29 is 29.3 Å². The molecule has 28 heavy (non-hydrogen) atoms. The van der Waals surface area contributed by atoms with Crippen molar-refractivity contribution >= 4 is 28.8 Å². The van der Waals surface area contributed by atoms with Crippen LogP contribution in [0.5, 0.6) is 0 Å². The third kappa shape index (κ3) is 5.56. The van der Waals surface area contributed by atoms with Gasteiger partial charge in [-0.25, -0.2) is 9.59 Å². The molecular weight excluding hydrogens is 364 g/mol. The van der Waals surface area contributed by atoms with E-state index in [0.29, 0.717) is 6.61 Å². The summed E-state index contributed by atoms with van der Waals surface area (Å²) in [6, 6.07) is 8.42. The molecule has 1 unspecified atom stereocenters. The highest BCUT2D eigenvalue weighted by molar-refractivity contribution is 6.27. The number of aliphatic carboxylic acids is 2. The minimum absolute atomic E-state index is 0.0270. The Kier molecular flexibility index (Phi) is 7.57. The van der Waals surface area contributed by atoms with Gasteiger partial charge in [0.2, 0.25) is 0 Å². The van der Waals surface area contributed by atoms with Gasteiger partial charge in [0.1, 0.15) is 0 Å². The molecule has 1 aromatic heterocycles. The number of aromatic nitrogens is 1. The van der Waals surface area contributed by atoms with Crippen LogP contribution in [0.3, 0.4) is 0 Å². The van der Waals surface area contributed by atoms with Crippen LogP contribution in [-0.4, -0.2) is 57.7 Å². The average molecular weight is 390 g/mol. The number of carboxylic acid groups (broad SMARTS) is 2. The first kappa shape index (κ1) is 21.4. The Hall–Kier alpha value is -2.87. The van der Waals surface area contributed by atoms with Crippen LogP contribution in [0.4, 0.5) is 0 Å². The fourth-order valence-electron chi connectivity index (χ4n) is 3.41. The topological polar surface area (TPSA) is 120 Å². The fraction of sp³-hybridized carbons (Fsp3) is 0.450. The van der Waals surface area contributed by atoms with Gasteiger partial charge < -0.3 is 19.9 Å². The summed E-state index contributed by atoms with van der Waals surface area (Å²) in [6.07, 6.45) is 2.01. The van der Waals surface area contributed by atoms with E-state index in [4.69, 9.17) is 24.5 Å². The number of benzene rings is 1. The standard InChI is InChI=1S/C18H24N2O2.C2H2O4/c1-3-22-18(21)14-7-6-10-20(11-14)12-16-13(2)19-17-9-5-4-8-15(16)17;3-1(4)2(5)6/h4-5,8-9,14,19H,3,6-7,10-12H2,1-2H3;(H,3,4)(H,5,6). The number of nitrogens with zero attached hydrogens (tertiary/aromatic N) is 1. The van der Waals surface area contributed by atoms with Crippen LogP contribution >= 0.6 is 0 Å². The largest absolute Gasteiger partial charge is 0.473 e. The van der Waals surface area contributed by atoms with Crippen LogP contribution < -0.4 is 0 Å². The van der Waals surface area contributed by atoms with E-state index in [1.807, 2.05) is 6.92 Å². The van der Waals surface area contributed by atoms with Crippen molar-refractivity contribution in [3.05, 3.63) is 35.5 Å². The number of carbonyl (C=O) groups is 3. The molecule has 0 spiro atoms. The molecule has 0 saturated carbocycles. The number of nitrogens with one attached hydrogen (secondary N) is 1. The van der Waals surface area contributed by atoms with Crippen molar-refractivity contribution in [2.75, 3.05) is 19.7 Å². The molecule has 0 bridgehead atoms. The lowest BCUT2D eigenvalue weighted by molar-refractivity contribution is -0.159. The van der Waals surface area contributed by atoms with Gasteiger partial charge in [-0.2, -0.15) is 0 Å². The van der Waals surface area contributed by atoms with E-state index >= 15 is 0 Å². The summed E-state index contributed by atoms with van der Waals surface area (Å²) in [5, 5.41) is 16.1. The molecule has 2 heterocycles. The Morgan fingerprint density at radius 1 is 1.21 bits per heavy atom. The van der Waals surface area contributed by atoms with Crippen molar-refractivity contribution in [1.29, 1.82) is 0 Å². The van der Waals surface area contributed by atoms with Crippen molar-refractivity contribution in [3.63, 3.8) is 0 Å². The summed E-state index contributed by atoms with van der Waals surface area (Å²) < 4.78 is 5.19. The number of hydrogen-bond acceptors (Lipinski definition) is 5. The Balaban J connectivity index is 0.000000409. The van der Waals surface area contributed by atoms with E-state index < -0.39 is 11.9 Å². The Morgan fingerprint density at radius 2 is 1.89 bits per heavy atom. The number of para-hydroxylation sites is 1. The first-order valence-corrected chi connectivity index (χ1v) is 9.24. The highest BCUT2D eigenvalue weighted by atomic mass is 16.5. The van der Waals surface area contributed by atoms with Crippen molar-refractivity contribution in [1.82, 2.24) is 9.88 Å². The molecule has 1 aliphatic rings. The molecule has 8 heteroatoms. The molecule has 152 valence electrons. The number of carboxylic acids is 2. The molecule has 0 aliphatic carbocycles. The van der Waals surface area contributed by atoms with Crippen LogP contribution in [0.2, 0.25) is 0 Å². The van der Waals surface area contributed by atoms with Crippen molar-refractivity contribution in [3.8, 4) is 0 Å². The van der Waals surface area contributed by atoms with E-state index in [1.165, 1.54) is 22.2 Å². The van der Waals surface area contributed by atoms with Gasteiger partial charge in [-0.1, -0.05) is 18.2 Å². The number of rotatable bonds is 4. The minimum atomic E-state index is -1.82. The number of likely N-dealkylation sites (tertiary alicyclic amines) is 1. The Morgan fingerprint density at radius 3 is 2.54 bits per heavy atom.